The van der Waals surface area contributed by atoms with Gasteiger partial charge in [0.15, 0.2) is 0 Å². The maximum absolute atomic E-state index is 12.7. The number of piperazine rings is 1. The van der Waals surface area contributed by atoms with Crippen LogP contribution in [0.1, 0.15) is 30.0 Å². The van der Waals surface area contributed by atoms with Crippen LogP contribution in [0.5, 0.6) is 0 Å². The van der Waals surface area contributed by atoms with Crippen molar-refractivity contribution in [3.8, 4) is 0 Å². The predicted molar refractivity (Wildman–Crippen MR) is 92.5 cm³/mol. The Morgan fingerprint density at radius 1 is 1.17 bits per heavy atom. The number of hydrogen-bond donors (Lipinski definition) is 0. The van der Waals surface area contributed by atoms with Gasteiger partial charge in [0.1, 0.15) is 11.9 Å². The minimum atomic E-state index is -0.197. The van der Waals surface area contributed by atoms with E-state index in [1.54, 1.807) is 6.20 Å². The molecular weight excluding hydrogens is 302 g/mol. The Kier molecular flexibility index (Phi) is 4.94. The molecule has 1 amide bonds. The molecule has 6 nitrogen and oxygen atoms in total. The van der Waals surface area contributed by atoms with E-state index in [2.05, 4.69) is 27.9 Å². The van der Waals surface area contributed by atoms with Crippen LogP contribution in [-0.2, 0) is 11.3 Å². The van der Waals surface area contributed by atoms with Crippen LogP contribution in [0.2, 0.25) is 0 Å². The van der Waals surface area contributed by atoms with Crippen molar-refractivity contribution in [3.05, 3.63) is 47.8 Å². The number of hydrogen-bond acceptors (Lipinski definition) is 4. The third-order valence-corrected chi connectivity index (χ3v) is 4.81. The molecule has 0 aromatic carbocycles. The Morgan fingerprint density at radius 3 is 2.54 bits per heavy atom. The number of carbonyl (C=O) groups excluding carboxylic acids is 1. The molecule has 1 saturated heterocycles. The molecule has 0 saturated carbocycles. The molecule has 0 aliphatic carbocycles. The molecule has 128 valence electrons. The van der Waals surface area contributed by atoms with E-state index in [9.17, 15) is 4.79 Å². The van der Waals surface area contributed by atoms with E-state index in [1.807, 2.05) is 41.8 Å². The maximum atomic E-state index is 12.7. The first kappa shape index (κ1) is 16.6. The van der Waals surface area contributed by atoms with Crippen molar-refractivity contribution in [2.75, 3.05) is 26.2 Å². The molecule has 6 heteroatoms. The van der Waals surface area contributed by atoms with Gasteiger partial charge in [0.2, 0.25) is 5.91 Å². The third kappa shape index (κ3) is 3.48. The first-order valence-corrected chi connectivity index (χ1v) is 8.47. The zero-order chi connectivity index (χ0) is 17.1. The van der Waals surface area contributed by atoms with Crippen LogP contribution in [0.3, 0.4) is 0 Å². The Morgan fingerprint density at radius 2 is 1.92 bits per heavy atom. The number of carbonyl (C=O) groups is 1. The molecule has 0 bridgehead atoms. The fourth-order valence-corrected chi connectivity index (χ4v) is 3.20. The van der Waals surface area contributed by atoms with E-state index in [1.165, 1.54) is 5.56 Å². The normalized spacial score (nSPS) is 17.0. The molecule has 3 heterocycles. The summed E-state index contributed by atoms with van der Waals surface area (Å²) in [7, 11) is 0. The second kappa shape index (κ2) is 7.13. The van der Waals surface area contributed by atoms with Crippen molar-refractivity contribution in [2.24, 2.45) is 0 Å². The number of nitrogens with zero attached hydrogens (tertiary/aromatic N) is 5. The van der Waals surface area contributed by atoms with E-state index in [0.29, 0.717) is 0 Å². The monoisotopic (exact) mass is 327 g/mol. The molecule has 2 aromatic heterocycles. The lowest BCUT2D eigenvalue weighted by molar-refractivity contribution is -0.136. The van der Waals surface area contributed by atoms with E-state index in [4.69, 9.17) is 0 Å². The average molecular weight is 327 g/mol. The molecule has 1 aliphatic heterocycles. The van der Waals surface area contributed by atoms with E-state index in [0.717, 1.165) is 44.2 Å². The van der Waals surface area contributed by atoms with Crippen molar-refractivity contribution >= 4 is 5.91 Å². The van der Waals surface area contributed by atoms with Crippen LogP contribution < -0.4 is 0 Å². The van der Waals surface area contributed by atoms with Gasteiger partial charge in [-0.3, -0.25) is 14.7 Å². The Balaban J connectivity index is 1.56. The van der Waals surface area contributed by atoms with Gasteiger partial charge in [-0.15, -0.1) is 0 Å². The largest absolute Gasteiger partial charge is 0.338 e. The van der Waals surface area contributed by atoms with Crippen LogP contribution in [0, 0.1) is 13.8 Å². The Bertz CT molecular complexity index is 703. The summed E-state index contributed by atoms with van der Waals surface area (Å²) in [4.78, 5) is 25.7. The topological polar surface area (TPSA) is 54.3 Å². The zero-order valence-electron chi connectivity index (χ0n) is 14.6. The molecule has 1 atom stereocenters. The highest BCUT2D eigenvalue weighted by Gasteiger charge is 2.26. The van der Waals surface area contributed by atoms with Gasteiger partial charge < -0.3 is 9.47 Å². The number of amides is 1. The first-order valence-electron chi connectivity index (χ1n) is 8.47. The Labute approximate surface area is 143 Å². The van der Waals surface area contributed by atoms with Gasteiger partial charge in [-0.05, 0) is 32.4 Å². The highest BCUT2D eigenvalue weighted by atomic mass is 16.2. The predicted octanol–water partition coefficient (Wildman–Crippen LogP) is 1.80. The average Bonchev–Trinajstić information content (AvgIpc) is 3.02. The lowest BCUT2D eigenvalue weighted by atomic mass is 10.2. The summed E-state index contributed by atoms with van der Waals surface area (Å²) in [6.07, 6.45) is 5.46. The van der Waals surface area contributed by atoms with Gasteiger partial charge in [-0.2, -0.15) is 0 Å². The van der Waals surface area contributed by atoms with Crippen LogP contribution in [0.15, 0.2) is 30.7 Å². The summed E-state index contributed by atoms with van der Waals surface area (Å²) in [5.74, 6) is 1.05. The highest BCUT2D eigenvalue weighted by Crippen LogP contribution is 2.15. The second-order valence-corrected chi connectivity index (χ2v) is 6.43. The summed E-state index contributed by atoms with van der Waals surface area (Å²) in [6, 6.07) is 3.86. The van der Waals surface area contributed by atoms with E-state index >= 15 is 0 Å². The molecule has 3 rings (SSSR count). The highest BCUT2D eigenvalue weighted by molar-refractivity contribution is 5.80. The second-order valence-electron chi connectivity index (χ2n) is 6.43. The lowest BCUT2D eigenvalue weighted by Crippen LogP contribution is -2.50. The van der Waals surface area contributed by atoms with Crippen molar-refractivity contribution < 1.29 is 4.79 Å². The number of imidazole rings is 1. The molecule has 0 N–H and O–H groups in total. The van der Waals surface area contributed by atoms with Gasteiger partial charge in [0, 0.05) is 51.3 Å². The fourth-order valence-electron chi connectivity index (χ4n) is 3.20. The van der Waals surface area contributed by atoms with Crippen molar-refractivity contribution in [1.29, 1.82) is 0 Å². The molecular formula is C18H25N5O. The molecule has 1 fully saturated rings. The quantitative estimate of drug-likeness (QED) is 0.859. The smallest absolute Gasteiger partial charge is 0.245 e. The molecule has 0 radical (unpaired) electrons. The van der Waals surface area contributed by atoms with Crippen molar-refractivity contribution in [2.45, 2.75) is 33.4 Å². The summed E-state index contributed by atoms with van der Waals surface area (Å²) < 4.78 is 1.94. The summed E-state index contributed by atoms with van der Waals surface area (Å²) in [5, 5.41) is 0. The molecule has 0 unspecified atom stereocenters. The first-order chi connectivity index (χ1) is 11.6. The van der Waals surface area contributed by atoms with Crippen molar-refractivity contribution in [1.82, 2.24) is 24.3 Å². The van der Waals surface area contributed by atoms with Crippen LogP contribution >= 0.6 is 0 Å². The van der Waals surface area contributed by atoms with E-state index in [-0.39, 0.29) is 11.9 Å². The minimum absolute atomic E-state index is 0.171. The van der Waals surface area contributed by atoms with Crippen LogP contribution in [-0.4, -0.2) is 56.4 Å². The third-order valence-electron chi connectivity index (χ3n) is 4.81. The zero-order valence-corrected chi connectivity index (χ0v) is 14.6. The van der Waals surface area contributed by atoms with Crippen LogP contribution in [0.25, 0.3) is 0 Å². The molecule has 24 heavy (non-hydrogen) atoms. The van der Waals surface area contributed by atoms with E-state index < -0.39 is 0 Å². The van der Waals surface area contributed by atoms with Gasteiger partial charge in [0.05, 0.1) is 5.69 Å². The number of aromatic nitrogens is 3. The lowest BCUT2D eigenvalue weighted by Gasteiger charge is -2.36. The SMILES string of the molecule is Cc1cccnc1CN1CCN(C(=O)[C@H](C)n2ccnc2C)CC1. The van der Waals surface area contributed by atoms with Crippen LogP contribution in [0.4, 0.5) is 0 Å². The van der Waals surface area contributed by atoms with Gasteiger partial charge in [-0.25, -0.2) is 4.98 Å². The summed E-state index contributed by atoms with van der Waals surface area (Å²) in [5.41, 5.74) is 2.35. The van der Waals surface area contributed by atoms with Gasteiger partial charge in [0.25, 0.3) is 0 Å². The summed E-state index contributed by atoms with van der Waals surface area (Å²) in [6.45, 7) is 10.1. The number of rotatable bonds is 4. The van der Waals surface area contributed by atoms with Gasteiger partial charge >= 0.3 is 0 Å². The van der Waals surface area contributed by atoms with Gasteiger partial charge in [-0.1, -0.05) is 6.07 Å². The molecule has 0 spiro atoms. The maximum Gasteiger partial charge on any atom is 0.245 e. The standard InChI is InChI=1S/C18H25N5O/c1-14-5-4-6-20-17(14)13-21-9-11-22(12-10-21)18(24)15(2)23-8-7-19-16(23)3/h4-8,15H,9-13H2,1-3H3/t15-/m0/s1. The number of aryl methyl sites for hydroxylation is 2. The minimum Gasteiger partial charge on any atom is -0.338 e. The summed E-state index contributed by atoms with van der Waals surface area (Å²) >= 11 is 0. The Hall–Kier alpha value is -2.21. The van der Waals surface area contributed by atoms with Crippen molar-refractivity contribution in [3.63, 3.8) is 0 Å². The number of pyridine rings is 1. The molecule has 1 aliphatic rings. The molecule has 2 aromatic rings. The fraction of sp³-hybridized carbons (Fsp3) is 0.500.